The number of anilines is 3. The van der Waals surface area contributed by atoms with Gasteiger partial charge >= 0.3 is 0 Å². The van der Waals surface area contributed by atoms with Crippen molar-refractivity contribution in [1.29, 1.82) is 0 Å². The molecule has 0 amide bonds. The van der Waals surface area contributed by atoms with E-state index in [1.54, 1.807) is 0 Å². The topological polar surface area (TPSA) is 38.0 Å². The summed E-state index contributed by atoms with van der Waals surface area (Å²) in [5.41, 5.74) is 11.7. The Labute approximate surface area is 172 Å². The maximum atomic E-state index is 6.11. The van der Waals surface area contributed by atoms with Crippen molar-refractivity contribution in [3.63, 3.8) is 0 Å². The smallest absolute Gasteiger partial charge is 0.0620 e. The number of nitrogen functional groups attached to an aromatic ring is 1. The standard InChI is InChI=1S/C26H40N2/c1-3-5-6-7-8-9-10-11-12-13-14-23-15-18-24(19-16-23)28-26-21-22(4-2)17-20-25(26)27/h15-21,28H,3-14,27H2,1-2H3. The van der Waals surface area contributed by atoms with Crippen molar-refractivity contribution in [2.75, 3.05) is 11.1 Å². The van der Waals surface area contributed by atoms with Gasteiger partial charge in [-0.3, -0.25) is 0 Å². The number of hydrogen-bond acceptors (Lipinski definition) is 2. The van der Waals surface area contributed by atoms with Crippen molar-refractivity contribution in [2.45, 2.75) is 90.9 Å². The third kappa shape index (κ3) is 8.37. The summed E-state index contributed by atoms with van der Waals surface area (Å²) in [6.45, 7) is 4.45. The predicted octanol–water partition coefficient (Wildman–Crippen LogP) is 8.04. The van der Waals surface area contributed by atoms with E-state index >= 15 is 0 Å². The van der Waals surface area contributed by atoms with E-state index in [-0.39, 0.29) is 0 Å². The van der Waals surface area contributed by atoms with Gasteiger partial charge in [0.25, 0.3) is 0 Å². The minimum atomic E-state index is 0.798. The molecular formula is C26H40N2. The normalized spacial score (nSPS) is 10.9. The van der Waals surface area contributed by atoms with E-state index in [1.807, 2.05) is 6.07 Å². The van der Waals surface area contributed by atoms with Gasteiger partial charge in [0.15, 0.2) is 0 Å². The Morgan fingerprint density at radius 2 is 1.25 bits per heavy atom. The number of nitrogens with one attached hydrogen (secondary N) is 1. The van der Waals surface area contributed by atoms with E-state index in [4.69, 9.17) is 5.73 Å². The summed E-state index contributed by atoms with van der Waals surface area (Å²) in [4.78, 5) is 0. The molecule has 0 atom stereocenters. The largest absolute Gasteiger partial charge is 0.397 e. The molecule has 3 N–H and O–H groups in total. The Hall–Kier alpha value is -1.96. The quantitative estimate of drug-likeness (QED) is 0.257. The number of aryl methyl sites for hydroxylation is 2. The molecule has 0 radical (unpaired) electrons. The Morgan fingerprint density at radius 1 is 0.679 bits per heavy atom. The van der Waals surface area contributed by atoms with Gasteiger partial charge < -0.3 is 11.1 Å². The van der Waals surface area contributed by atoms with Gasteiger partial charge in [-0.1, -0.05) is 89.8 Å². The van der Waals surface area contributed by atoms with E-state index in [0.29, 0.717) is 0 Å². The van der Waals surface area contributed by atoms with Gasteiger partial charge in [-0.25, -0.2) is 0 Å². The Morgan fingerprint density at radius 3 is 1.86 bits per heavy atom. The molecule has 2 rings (SSSR count). The lowest BCUT2D eigenvalue weighted by atomic mass is 10.0. The first kappa shape index (κ1) is 22.3. The molecule has 0 aliphatic heterocycles. The zero-order chi connectivity index (χ0) is 20.0. The van der Waals surface area contributed by atoms with Crippen molar-refractivity contribution in [1.82, 2.24) is 0 Å². The van der Waals surface area contributed by atoms with Crippen LogP contribution in [0.3, 0.4) is 0 Å². The first-order chi connectivity index (χ1) is 13.7. The van der Waals surface area contributed by atoms with Crippen molar-refractivity contribution < 1.29 is 0 Å². The molecule has 2 heteroatoms. The van der Waals surface area contributed by atoms with Crippen LogP contribution in [0.25, 0.3) is 0 Å². The van der Waals surface area contributed by atoms with Gasteiger partial charge in [-0.15, -0.1) is 0 Å². The van der Waals surface area contributed by atoms with Crippen molar-refractivity contribution in [3.8, 4) is 0 Å². The monoisotopic (exact) mass is 380 g/mol. The molecule has 0 aliphatic rings. The van der Waals surface area contributed by atoms with Crippen LogP contribution in [0.4, 0.5) is 17.1 Å². The van der Waals surface area contributed by atoms with Crippen LogP contribution in [0.15, 0.2) is 42.5 Å². The van der Waals surface area contributed by atoms with E-state index in [1.165, 1.54) is 81.8 Å². The lowest BCUT2D eigenvalue weighted by molar-refractivity contribution is 0.556. The summed E-state index contributed by atoms with van der Waals surface area (Å²) in [5, 5.41) is 3.46. The van der Waals surface area contributed by atoms with Crippen molar-refractivity contribution in [2.24, 2.45) is 0 Å². The summed E-state index contributed by atoms with van der Waals surface area (Å²) in [7, 11) is 0. The molecule has 0 spiro atoms. The highest BCUT2D eigenvalue weighted by Gasteiger charge is 2.02. The number of nitrogens with two attached hydrogens (primary N) is 1. The highest BCUT2D eigenvalue weighted by Crippen LogP contribution is 2.25. The molecule has 0 bridgehead atoms. The molecule has 0 heterocycles. The van der Waals surface area contributed by atoms with E-state index < -0.39 is 0 Å². The molecule has 0 aromatic heterocycles. The second-order valence-electron chi connectivity index (χ2n) is 8.03. The average Bonchev–Trinajstić information content (AvgIpc) is 2.72. The maximum absolute atomic E-state index is 6.11. The minimum absolute atomic E-state index is 0.798. The summed E-state index contributed by atoms with van der Waals surface area (Å²) in [5.74, 6) is 0. The van der Waals surface area contributed by atoms with Crippen LogP contribution in [-0.4, -0.2) is 0 Å². The SMILES string of the molecule is CCCCCCCCCCCCc1ccc(Nc2cc(CC)ccc2N)cc1. The lowest BCUT2D eigenvalue weighted by Gasteiger charge is -2.11. The molecule has 28 heavy (non-hydrogen) atoms. The lowest BCUT2D eigenvalue weighted by Crippen LogP contribution is -1.97. The van der Waals surface area contributed by atoms with Crippen LogP contribution in [0, 0.1) is 0 Å². The number of rotatable bonds is 14. The number of hydrogen-bond donors (Lipinski definition) is 2. The summed E-state index contributed by atoms with van der Waals surface area (Å²) in [6.07, 6.45) is 16.1. The van der Waals surface area contributed by atoms with Gasteiger partial charge in [-0.2, -0.15) is 0 Å². The van der Waals surface area contributed by atoms with Gasteiger partial charge in [0.05, 0.1) is 11.4 Å². The predicted molar refractivity (Wildman–Crippen MR) is 126 cm³/mol. The fraction of sp³-hybridized carbons (Fsp3) is 0.538. The third-order valence-corrected chi connectivity index (χ3v) is 5.58. The summed E-state index contributed by atoms with van der Waals surface area (Å²) < 4.78 is 0. The van der Waals surface area contributed by atoms with Crippen LogP contribution in [0.1, 0.15) is 89.2 Å². The molecule has 2 nitrogen and oxygen atoms in total. The zero-order valence-electron chi connectivity index (χ0n) is 18.1. The van der Waals surface area contributed by atoms with Crippen LogP contribution in [0.2, 0.25) is 0 Å². The molecule has 2 aromatic carbocycles. The fourth-order valence-corrected chi connectivity index (χ4v) is 3.66. The van der Waals surface area contributed by atoms with Crippen LogP contribution in [-0.2, 0) is 12.8 Å². The highest BCUT2D eigenvalue weighted by molar-refractivity contribution is 5.73. The summed E-state index contributed by atoms with van der Waals surface area (Å²) in [6, 6.07) is 15.1. The Balaban J connectivity index is 1.64. The molecule has 154 valence electrons. The van der Waals surface area contributed by atoms with Gasteiger partial charge in [-0.05, 0) is 54.7 Å². The summed E-state index contributed by atoms with van der Waals surface area (Å²) >= 11 is 0. The van der Waals surface area contributed by atoms with Crippen LogP contribution >= 0.6 is 0 Å². The Kier molecular flexibility index (Phi) is 10.6. The second kappa shape index (κ2) is 13.3. The highest BCUT2D eigenvalue weighted by atomic mass is 14.9. The van der Waals surface area contributed by atoms with Gasteiger partial charge in [0, 0.05) is 5.69 Å². The third-order valence-electron chi connectivity index (χ3n) is 5.58. The second-order valence-corrected chi connectivity index (χ2v) is 8.03. The van der Waals surface area contributed by atoms with E-state index in [9.17, 15) is 0 Å². The molecule has 0 fully saturated rings. The molecule has 0 unspecified atom stereocenters. The molecule has 0 saturated heterocycles. The molecule has 2 aromatic rings. The van der Waals surface area contributed by atoms with Crippen LogP contribution in [0.5, 0.6) is 0 Å². The molecule has 0 saturated carbocycles. The van der Waals surface area contributed by atoms with Gasteiger partial charge in [0.2, 0.25) is 0 Å². The van der Waals surface area contributed by atoms with Crippen molar-refractivity contribution >= 4 is 17.1 Å². The van der Waals surface area contributed by atoms with Gasteiger partial charge in [0.1, 0.15) is 0 Å². The van der Waals surface area contributed by atoms with E-state index in [0.717, 1.165) is 23.5 Å². The Bertz CT molecular complexity index is 661. The fourth-order valence-electron chi connectivity index (χ4n) is 3.66. The molecular weight excluding hydrogens is 340 g/mol. The maximum Gasteiger partial charge on any atom is 0.0620 e. The number of unbranched alkanes of at least 4 members (excludes halogenated alkanes) is 9. The van der Waals surface area contributed by atoms with Crippen molar-refractivity contribution in [3.05, 3.63) is 53.6 Å². The average molecular weight is 381 g/mol. The van der Waals surface area contributed by atoms with E-state index in [2.05, 4.69) is 55.6 Å². The minimum Gasteiger partial charge on any atom is -0.397 e. The zero-order valence-corrected chi connectivity index (χ0v) is 18.1. The first-order valence-corrected chi connectivity index (χ1v) is 11.5. The van der Waals surface area contributed by atoms with Crippen LogP contribution < -0.4 is 11.1 Å². The number of benzene rings is 2. The molecule has 0 aliphatic carbocycles. The first-order valence-electron chi connectivity index (χ1n) is 11.5.